The fourth-order valence-corrected chi connectivity index (χ4v) is 2.88. The first-order valence-electron chi connectivity index (χ1n) is 9.03. The number of fused-ring (bicyclic) bond motifs is 1. The van der Waals surface area contributed by atoms with Gasteiger partial charge >= 0.3 is 0 Å². The largest absolute Gasteiger partial charge is 0.345 e. The van der Waals surface area contributed by atoms with E-state index in [-0.39, 0.29) is 17.4 Å². The molecule has 2 heterocycles. The zero-order chi connectivity index (χ0) is 20.3. The molecular formula is C20H22FN5O2. The van der Waals surface area contributed by atoms with E-state index in [4.69, 9.17) is 0 Å². The minimum atomic E-state index is -0.751. The van der Waals surface area contributed by atoms with E-state index in [9.17, 15) is 14.0 Å². The van der Waals surface area contributed by atoms with Crippen molar-refractivity contribution in [2.75, 3.05) is 0 Å². The summed E-state index contributed by atoms with van der Waals surface area (Å²) in [4.78, 5) is 25.2. The lowest BCUT2D eigenvalue weighted by Gasteiger charge is -2.23. The monoisotopic (exact) mass is 383 g/mol. The number of benzene rings is 1. The number of aromatic nitrogens is 3. The van der Waals surface area contributed by atoms with Gasteiger partial charge in [0.05, 0.1) is 6.04 Å². The van der Waals surface area contributed by atoms with Crippen LogP contribution in [0.5, 0.6) is 0 Å². The second-order valence-electron chi connectivity index (χ2n) is 6.92. The van der Waals surface area contributed by atoms with Crippen LogP contribution in [-0.2, 0) is 4.79 Å². The van der Waals surface area contributed by atoms with Crippen LogP contribution in [0, 0.1) is 11.7 Å². The SMILES string of the molecule is CC(NC(=O)C(NC(=O)c1ccc(F)cc1)C(C)C)c1nnc2ccccn12. The number of carbonyl (C=O) groups is 2. The standard InChI is InChI=1S/C20H22FN5O2/c1-12(2)17(23-19(27)14-7-9-15(21)10-8-14)20(28)22-13(3)18-25-24-16-6-4-5-11-26(16)18/h4-13,17H,1-3H3,(H,22,28)(H,23,27). The fourth-order valence-electron chi connectivity index (χ4n) is 2.88. The summed E-state index contributed by atoms with van der Waals surface area (Å²) in [6.07, 6.45) is 1.82. The van der Waals surface area contributed by atoms with Gasteiger partial charge in [-0.15, -0.1) is 10.2 Å². The number of carbonyl (C=O) groups excluding carboxylic acids is 2. The van der Waals surface area contributed by atoms with Crippen LogP contribution in [0.4, 0.5) is 4.39 Å². The minimum Gasteiger partial charge on any atom is -0.345 e. The van der Waals surface area contributed by atoms with Crippen molar-refractivity contribution in [3.63, 3.8) is 0 Å². The number of hydrogen-bond acceptors (Lipinski definition) is 4. The molecule has 1 aromatic carbocycles. The molecule has 0 aliphatic carbocycles. The van der Waals surface area contributed by atoms with E-state index < -0.39 is 23.8 Å². The van der Waals surface area contributed by atoms with Crippen LogP contribution in [0.25, 0.3) is 5.65 Å². The highest BCUT2D eigenvalue weighted by atomic mass is 19.1. The Labute approximate surface area is 162 Å². The van der Waals surface area contributed by atoms with Gasteiger partial charge in [-0.2, -0.15) is 0 Å². The summed E-state index contributed by atoms with van der Waals surface area (Å²) in [6, 6.07) is 9.55. The number of nitrogens with zero attached hydrogens (tertiary/aromatic N) is 3. The van der Waals surface area contributed by atoms with Gasteiger partial charge in [0.25, 0.3) is 5.91 Å². The summed E-state index contributed by atoms with van der Waals surface area (Å²) < 4.78 is 14.8. The van der Waals surface area contributed by atoms with Gasteiger partial charge in [-0.05, 0) is 49.2 Å². The van der Waals surface area contributed by atoms with Crippen LogP contribution in [0.3, 0.4) is 0 Å². The van der Waals surface area contributed by atoms with Gasteiger partial charge in [0.2, 0.25) is 5.91 Å². The van der Waals surface area contributed by atoms with Crippen LogP contribution in [0.1, 0.15) is 43.0 Å². The normalized spacial score (nSPS) is 13.3. The average molecular weight is 383 g/mol. The summed E-state index contributed by atoms with van der Waals surface area (Å²) >= 11 is 0. The van der Waals surface area contributed by atoms with Crippen molar-refractivity contribution in [3.8, 4) is 0 Å². The minimum absolute atomic E-state index is 0.147. The van der Waals surface area contributed by atoms with Gasteiger partial charge in [0.1, 0.15) is 11.9 Å². The van der Waals surface area contributed by atoms with Gasteiger partial charge in [0, 0.05) is 11.8 Å². The third kappa shape index (κ3) is 4.16. The molecule has 146 valence electrons. The Hall–Kier alpha value is -3.29. The number of rotatable bonds is 6. The smallest absolute Gasteiger partial charge is 0.251 e. The van der Waals surface area contributed by atoms with Crippen LogP contribution in [0.15, 0.2) is 48.7 Å². The molecule has 0 saturated heterocycles. The van der Waals surface area contributed by atoms with Crippen LogP contribution in [0.2, 0.25) is 0 Å². The number of pyridine rings is 1. The van der Waals surface area contributed by atoms with Crippen molar-refractivity contribution in [2.45, 2.75) is 32.9 Å². The Bertz CT molecular complexity index is 984. The first kappa shape index (κ1) is 19.5. The van der Waals surface area contributed by atoms with Gasteiger partial charge < -0.3 is 10.6 Å². The predicted molar refractivity (Wildman–Crippen MR) is 102 cm³/mol. The first-order valence-corrected chi connectivity index (χ1v) is 9.03. The van der Waals surface area contributed by atoms with Crippen LogP contribution < -0.4 is 10.6 Å². The van der Waals surface area contributed by atoms with E-state index in [0.29, 0.717) is 11.5 Å². The fraction of sp³-hybridized carbons (Fsp3) is 0.300. The molecule has 0 aliphatic heterocycles. The van der Waals surface area contributed by atoms with E-state index in [1.165, 1.54) is 24.3 Å². The quantitative estimate of drug-likeness (QED) is 0.685. The van der Waals surface area contributed by atoms with E-state index in [0.717, 1.165) is 0 Å². The molecule has 2 amide bonds. The van der Waals surface area contributed by atoms with Gasteiger partial charge in [-0.3, -0.25) is 14.0 Å². The molecule has 0 aliphatic rings. The molecule has 28 heavy (non-hydrogen) atoms. The van der Waals surface area contributed by atoms with E-state index in [2.05, 4.69) is 20.8 Å². The molecule has 0 saturated carbocycles. The molecule has 0 bridgehead atoms. The maximum absolute atomic E-state index is 13.0. The molecule has 2 N–H and O–H groups in total. The summed E-state index contributed by atoms with van der Waals surface area (Å²) in [6.45, 7) is 5.49. The van der Waals surface area contributed by atoms with Crippen molar-refractivity contribution in [1.29, 1.82) is 0 Å². The molecule has 7 nitrogen and oxygen atoms in total. The molecular weight excluding hydrogens is 361 g/mol. The summed E-state index contributed by atoms with van der Waals surface area (Å²) in [7, 11) is 0. The van der Waals surface area contributed by atoms with Gasteiger partial charge in [-0.1, -0.05) is 19.9 Å². The van der Waals surface area contributed by atoms with Gasteiger partial charge in [0.15, 0.2) is 11.5 Å². The molecule has 3 aromatic rings. The van der Waals surface area contributed by atoms with Crippen molar-refractivity contribution in [2.24, 2.45) is 5.92 Å². The van der Waals surface area contributed by atoms with Crippen LogP contribution in [-0.4, -0.2) is 32.5 Å². The molecule has 2 atom stereocenters. The van der Waals surface area contributed by atoms with Crippen molar-refractivity contribution in [1.82, 2.24) is 25.2 Å². The van der Waals surface area contributed by atoms with Crippen molar-refractivity contribution in [3.05, 3.63) is 65.9 Å². The third-order valence-corrected chi connectivity index (χ3v) is 4.43. The van der Waals surface area contributed by atoms with Gasteiger partial charge in [-0.25, -0.2) is 4.39 Å². The molecule has 3 rings (SSSR count). The average Bonchev–Trinajstić information content (AvgIpc) is 3.10. The number of halogens is 1. The summed E-state index contributed by atoms with van der Waals surface area (Å²) in [5.41, 5.74) is 0.972. The van der Waals surface area contributed by atoms with Crippen molar-refractivity contribution < 1.29 is 14.0 Å². The lowest BCUT2D eigenvalue weighted by molar-refractivity contribution is -0.124. The second-order valence-corrected chi connectivity index (χ2v) is 6.92. The molecule has 0 spiro atoms. The number of hydrogen-bond donors (Lipinski definition) is 2. The van der Waals surface area contributed by atoms with Crippen LogP contribution >= 0.6 is 0 Å². The lowest BCUT2D eigenvalue weighted by Crippen LogP contribution is -2.50. The molecule has 2 unspecified atom stereocenters. The summed E-state index contributed by atoms with van der Waals surface area (Å²) in [5.74, 6) is -0.743. The zero-order valence-corrected chi connectivity index (χ0v) is 15.9. The van der Waals surface area contributed by atoms with E-state index in [1.54, 1.807) is 11.3 Å². The second kappa shape index (κ2) is 8.16. The highest BCUT2D eigenvalue weighted by Gasteiger charge is 2.27. The molecule has 0 fully saturated rings. The summed E-state index contributed by atoms with van der Waals surface area (Å²) in [5, 5.41) is 13.8. The Balaban J connectivity index is 1.72. The Morgan fingerprint density at radius 3 is 2.39 bits per heavy atom. The topological polar surface area (TPSA) is 88.4 Å². The van der Waals surface area contributed by atoms with Crippen molar-refractivity contribution >= 4 is 17.5 Å². The molecule has 2 aromatic heterocycles. The highest BCUT2D eigenvalue weighted by Crippen LogP contribution is 2.13. The van der Waals surface area contributed by atoms with E-state index in [1.807, 2.05) is 38.2 Å². The van der Waals surface area contributed by atoms with E-state index >= 15 is 0 Å². The third-order valence-electron chi connectivity index (χ3n) is 4.43. The first-order chi connectivity index (χ1) is 13.4. The Kier molecular flexibility index (Phi) is 5.67. The predicted octanol–water partition coefficient (Wildman–Crippen LogP) is 2.50. The number of nitrogens with one attached hydrogen (secondary N) is 2. The maximum atomic E-state index is 13.0. The Morgan fingerprint density at radius 1 is 1.00 bits per heavy atom. The maximum Gasteiger partial charge on any atom is 0.251 e. The zero-order valence-electron chi connectivity index (χ0n) is 15.9. The molecule has 0 radical (unpaired) electrons. The lowest BCUT2D eigenvalue weighted by atomic mass is 10.0. The molecule has 8 heteroatoms. The number of amides is 2. The Morgan fingerprint density at radius 2 is 1.71 bits per heavy atom. The highest BCUT2D eigenvalue weighted by molar-refractivity contribution is 5.97.